The van der Waals surface area contributed by atoms with Crippen molar-refractivity contribution in [3.8, 4) is 11.3 Å². The van der Waals surface area contributed by atoms with E-state index in [1.807, 2.05) is 26.0 Å². The summed E-state index contributed by atoms with van der Waals surface area (Å²) < 4.78 is 0. The van der Waals surface area contributed by atoms with Crippen molar-refractivity contribution in [3.05, 3.63) is 47.4 Å². The zero-order valence-corrected chi connectivity index (χ0v) is 12.0. The minimum atomic E-state index is -0.327. The molecule has 0 spiro atoms. The molecule has 2 rings (SSSR count). The van der Waals surface area contributed by atoms with Crippen molar-refractivity contribution in [2.45, 2.75) is 13.8 Å². The van der Waals surface area contributed by atoms with E-state index in [9.17, 15) is 4.79 Å². The van der Waals surface area contributed by atoms with E-state index in [2.05, 4.69) is 16.0 Å². The lowest BCUT2D eigenvalue weighted by atomic mass is 10.0. The second-order valence-electron chi connectivity index (χ2n) is 4.59. The second kappa shape index (κ2) is 5.79. The predicted molar refractivity (Wildman–Crippen MR) is 76.0 cm³/mol. The fourth-order valence-corrected chi connectivity index (χ4v) is 1.92. The Hall–Kier alpha value is -2.27. The van der Waals surface area contributed by atoms with Crippen LogP contribution in [0.4, 0.5) is 0 Å². The molecule has 1 aromatic carbocycles. The van der Waals surface area contributed by atoms with Gasteiger partial charge in [-0.3, -0.25) is 14.6 Å². The molecule has 0 unspecified atom stereocenters. The van der Waals surface area contributed by atoms with E-state index < -0.39 is 0 Å². The maximum atomic E-state index is 11.8. The van der Waals surface area contributed by atoms with Gasteiger partial charge in [-0.15, -0.1) is 0 Å². The van der Waals surface area contributed by atoms with Crippen molar-refractivity contribution < 1.29 is 9.63 Å². The molecule has 0 saturated heterocycles. The third kappa shape index (κ3) is 2.83. The average Bonchev–Trinajstić information content (AvgIpc) is 2.46. The normalized spacial score (nSPS) is 10.4. The molecule has 1 aromatic heterocycles. The standard InChI is InChI=1S/C15H17N3O2/c1-10-5-6-12(11(2)7-10)13-8-17-14(9-16-13)15(19)18(3)20-4/h5-9H,1-4H3. The summed E-state index contributed by atoms with van der Waals surface area (Å²) in [5.74, 6) is -0.327. The molecule has 0 fully saturated rings. The minimum Gasteiger partial charge on any atom is -0.274 e. The van der Waals surface area contributed by atoms with Crippen molar-refractivity contribution in [1.82, 2.24) is 15.0 Å². The molecule has 0 aliphatic heterocycles. The summed E-state index contributed by atoms with van der Waals surface area (Å²) in [7, 11) is 2.96. The fraction of sp³-hybridized carbons (Fsp3) is 0.267. The average molecular weight is 271 g/mol. The van der Waals surface area contributed by atoms with Gasteiger partial charge in [-0.05, 0) is 19.4 Å². The molecule has 2 aromatic rings. The lowest BCUT2D eigenvalue weighted by Crippen LogP contribution is -2.26. The summed E-state index contributed by atoms with van der Waals surface area (Å²) in [4.78, 5) is 25.1. The maximum absolute atomic E-state index is 11.8. The van der Waals surface area contributed by atoms with Crippen molar-refractivity contribution >= 4 is 5.91 Å². The molecule has 0 atom stereocenters. The van der Waals surface area contributed by atoms with E-state index in [4.69, 9.17) is 4.84 Å². The highest BCUT2D eigenvalue weighted by Gasteiger charge is 2.14. The van der Waals surface area contributed by atoms with E-state index in [0.717, 1.165) is 21.9 Å². The number of benzene rings is 1. The van der Waals surface area contributed by atoms with Crippen molar-refractivity contribution in [3.63, 3.8) is 0 Å². The molecule has 0 bridgehead atoms. The molecule has 0 radical (unpaired) electrons. The topological polar surface area (TPSA) is 55.3 Å². The minimum absolute atomic E-state index is 0.253. The van der Waals surface area contributed by atoms with Crippen LogP contribution in [-0.4, -0.2) is 35.1 Å². The lowest BCUT2D eigenvalue weighted by molar-refractivity contribution is -0.0760. The van der Waals surface area contributed by atoms with Crippen LogP contribution in [-0.2, 0) is 4.84 Å². The van der Waals surface area contributed by atoms with Gasteiger partial charge in [0.05, 0.1) is 25.2 Å². The number of aromatic nitrogens is 2. The molecule has 0 aliphatic carbocycles. The van der Waals surface area contributed by atoms with E-state index in [1.165, 1.54) is 25.9 Å². The number of hydrogen-bond donors (Lipinski definition) is 0. The fourth-order valence-electron chi connectivity index (χ4n) is 1.92. The van der Waals surface area contributed by atoms with Gasteiger partial charge in [0.25, 0.3) is 5.91 Å². The summed E-state index contributed by atoms with van der Waals surface area (Å²) >= 11 is 0. The Balaban J connectivity index is 2.30. The largest absolute Gasteiger partial charge is 0.297 e. The molecule has 5 heteroatoms. The van der Waals surface area contributed by atoms with Gasteiger partial charge in [-0.2, -0.15) is 0 Å². The Morgan fingerprint density at radius 1 is 1.20 bits per heavy atom. The molecule has 0 N–H and O–H groups in total. The number of amides is 1. The quantitative estimate of drug-likeness (QED) is 0.804. The maximum Gasteiger partial charge on any atom is 0.297 e. The van der Waals surface area contributed by atoms with Gasteiger partial charge >= 0.3 is 0 Å². The number of carbonyl (C=O) groups is 1. The van der Waals surface area contributed by atoms with Gasteiger partial charge < -0.3 is 0 Å². The molecular formula is C15H17N3O2. The monoisotopic (exact) mass is 271 g/mol. The highest BCUT2D eigenvalue weighted by Crippen LogP contribution is 2.21. The van der Waals surface area contributed by atoms with Gasteiger partial charge in [0.15, 0.2) is 0 Å². The first-order valence-electron chi connectivity index (χ1n) is 6.24. The Morgan fingerprint density at radius 3 is 2.50 bits per heavy atom. The molecule has 20 heavy (non-hydrogen) atoms. The van der Waals surface area contributed by atoms with E-state index in [-0.39, 0.29) is 11.6 Å². The smallest absolute Gasteiger partial charge is 0.274 e. The summed E-state index contributed by atoms with van der Waals surface area (Å²) in [6.45, 7) is 4.08. The Morgan fingerprint density at radius 2 is 1.95 bits per heavy atom. The second-order valence-corrected chi connectivity index (χ2v) is 4.59. The zero-order chi connectivity index (χ0) is 14.7. The van der Waals surface area contributed by atoms with E-state index in [0.29, 0.717) is 0 Å². The summed E-state index contributed by atoms with van der Waals surface area (Å²) in [6.07, 6.45) is 3.07. The predicted octanol–water partition coefficient (Wildman–Crippen LogP) is 2.39. The molecule has 0 saturated carbocycles. The molecule has 1 amide bonds. The van der Waals surface area contributed by atoms with Crippen LogP contribution in [0.3, 0.4) is 0 Å². The first-order valence-corrected chi connectivity index (χ1v) is 6.24. The van der Waals surface area contributed by atoms with Crippen LogP contribution >= 0.6 is 0 Å². The van der Waals surface area contributed by atoms with Crippen LogP contribution < -0.4 is 0 Å². The van der Waals surface area contributed by atoms with E-state index in [1.54, 1.807) is 6.20 Å². The lowest BCUT2D eigenvalue weighted by Gasteiger charge is -2.12. The van der Waals surface area contributed by atoms with Crippen LogP contribution in [0.25, 0.3) is 11.3 Å². The third-order valence-electron chi connectivity index (χ3n) is 3.09. The number of carbonyl (C=O) groups excluding carboxylic acids is 1. The molecule has 5 nitrogen and oxygen atoms in total. The highest BCUT2D eigenvalue weighted by molar-refractivity contribution is 5.91. The van der Waals surface area contributed by atoms with Crippen molar-refractivity contribution in [1.29, 1.82) is 0 Å². The number of nitrogens with zero attached hydrogens (tertiary/aromatic N) is 3. The molecule has 1 heterocycles. The summed E-state index contributed by atoms with van der Waals surface area (Å²) in [6, 6.07) is 6.13. The molecular weight excluding hydrogens is 254 g/mol. The van der Waals surface area contributed by atoms with Crippen molar-refractivity contribution in [2.24, 2.45) is 0 Å². The first-order chi connectivity index (χ1) is 9.52. The molecule has 0 aliphatic rings. The van der Waals surface area contributed by atoms with Gasteiger partial charge in [-0.1, -0.05) is 23.8 Å². The summed E-state index contributed by atoms with van der Waals surface area (Å²) in [5.41, 5.74) is 4.35. The number of aryl methyl sites for hydroxylation is 2. The summed E-state index contributed by atoms with van der Waals surface area (Å²) in [5, 5.41) is 1.11. The number of hydroxylamine groups is 2. The van der Waals surface area contributed by atoms with Gasteiger partial charge in [-0.25, -0.2) is 10.0 Å². The van der Waals surface area contributed by atoms with Crippen LogP contribution in [0.15, 0.2) is 30.6 Å². The SMILES string of the molecule is CON(C)C(=O)c1cnc(-c2ccc(C)cc2C)cn1. The highest BCUT2D eigenvalue weighted by atomic mass is 16.7. The Bertz CT molecular complexity index is 624. The third-order valence-corrected chi connectivity index (χ3v) is 3.09. The number of hydrogen-bond acceptors (Lipinski definition) is 4. The van der Waals surface area contributed by atoms with Crippen LogP contribution in [0.5, 0.6) is 0 Å². The van der Waals surface area contributed by atoms with Crippen molar-refractivity contribution in [2.75, 3.05) is 14.2 Å². The van der Waals surface area contributed by atoms with Gasteiger partial charge in [0.2, 0.25) is 0 Å². The van der Waals surface area contributed by atoms with Gasteiger partial charge in [0.1, 0.15) is 5.69 Å². The first kappa shape index (κ1) is 14.1. The van der Waals surface area contributed by atoms with E-state index >= 15 is 0 Å². The molecule has 104 valence electrons. The van der Waals surface area contributed by atoms with Gasteiger partial charge in [0, 0.05) is 12.6 Å². The Labute approximate surface area is 118 Å². The van der Waals surface area contributed by atoms with Crippen LogP contribution in [0.1, 0.15) is 21.6 Å². The van der Waals surface area contributed by atoms with Crippen LogP contribution in [0.2, 0.25) is 0 Å². The Kier molecular flexibility index (Phi) is 4.10. The number of rotatable bonds is 3. The zero-order valence-electron chi connectivity index (χ0n) is 12.0. The van der Waals surface area contributed by atoms with Crippen LogP contribution in [0, 0.1) is 13.8 Å².